The molecule has 87 heavy (non-hydrogen) atoms. The molecule has 12 atom stereocenters. The van der Waals surface area contributed by atoms with Crippen molar-refractivity contribution in [3.05, 3.63) is 48.6 Å². The van der Waals surface area contributed by atoms with Crippen molar-refractivity contribution in [2.45, 2.75) is 389 Å². The number of nitrogens with one attached hydrogen (secondary N) is 1. The Morgan fingerprint density at radius 3 is 1.22 bits per heavy atom. The Kier molecular flexibility index (Phi) is 53.9. The number of unbranched alkanes of at least 4 members (excludes halogenated alkanes) is 39. The molecule has 14 nitrogen and oxygen atoms in total. The Bertz CT molecular complexity index is 1640. The molecule has 2 aliphatic rings. The number of hydrogen-bond acceptors (Lipinski definition) is 13. The van der Waals surface area contributed by atoms with Crippen molar-refractivity contribution in [3.63, 3.8) is 0 Å². The first kappa shape index (κ1) is 81.0. The van der Waals surface area contributed by atoms with Gasteiger partial charge in [0.2, 0.25) is 5.91 Å². The number of allylic oxidation sites excluding steroid dienone is 8. The van der Waals surface area contributed by atoms with Gasteiger partial charge in [0.1, 0.15) is 48.8 Å². The molecule has 2 rings (SSSR count). The lowest BCUT2D eigenvalue weighted by molar-refractivity contribution is -0.359. The first-order chi connectivity index (χ1) is 42.6. The molecule has 12 unspecified atom stereocenters. The average Bonchev–Trinajstić information content (AvgIpc) is 2.31. The van der Waals surface area contributed by atoms with Gasteiger partial charge in [-0.1, -0.05) is 306 Å². The number of ether oxygens (including phenoxy) is 4. The Labute approximate surface area is 531 Å². The van der Waals surface area contributed by atoms with E-state index in [0.29, 0.717) is 12.8 Å². The van der Waals surface area contributed by atoms with Gasteiger partial charge in [0, 0.05) is 6.42 Å². The maximum atomic E-state index is 13.3. The van der Waals surface area contributed by atoms with E-state index < -0.39 is 86.8 Å². The first-order valence-electron chi connectivity index (χ1n) is 36.4. The van der Waals surface area contributed by atoms with Gasteiger partial charge in [0.15, 0.2) is 12.6 Å². The molecular weight excluding hydrogens is 1100 g/mol. The Morgan fingerprint density at radius 1 is 0.425 bits per heavy atom. The highest BCUT2D eigenvalue weighted by molar-refractivity contribution is 5.76. The second kappa shape index (κ2) is 57.8. The molecule has 1 amide bonds. The molecular formula is C73H135NO13. The summed E-state index contributed by atoms with van der Waals surface area (Å²) in [4.78, 5) is 13.3. The van der Waals surface area contributed by atoms with Crippen LogP contribution in [0.4, 0.5) is 0 Å². The van der Waals surface area contributed by atoms with Crippen LogP contribution in [0, 0.1) is 0 Å². The molecule has 0 aromatic rings. The highest BCUT2D eigenvalue weighted by Crippen LogP contribution is 2.30. The summed E-state index contributed by atoms with van der Waals surface area (Å²) < 4.78 is 22.9. The maximum absolute atomic E-state index is 13.3. The number of hydrogen-bond donors (Lipinski definition) is 9. The number of carbonyl (C=O) groups excluding carboxylic acids is 1. The van der Waals surface area contributed by atoms with Crippen molar-refractivity contribution in [1.29, 1.82) is 0 Å². The van der Waals surface area contributed by atoms with Crippen molar-refractivity contribution in [2.24, 2.45) is 0 Å². The third kappa shape index (κ3) is 41.9. The van der Waals surface area contributed by atoms with E-state index in [2.05, 4.69) is 67.8 Å². The molecule has 0 bridgehead atoms. The molecule has 0 aromatic heterocycles. The molecule has 510 valence electrons. The fourth-order valence-electron chi connectivity index (χ4n) is 12.1. The smallest absolute Gasteiger partial charge is 0.220 e. The standard InChI is InChI=1S/C73H135NO13/c1-3-5-7-9-11-13-15-17-18-19-20-21-22-23-24-25-26-27-28-29-30-31-32-33-34-35-36-37-38-39-40-41-42-43-44-45-47-49-51-53-55-57-65(78)74-61(62(77)56-54-52-50-48-46-16-14-12-10-8-6-4-2)60-84-72-70(83)68(81)71(64(59-76)86-72)87-73-69(82)67(80)66(79)63(58-75)85-73/h5,7,11,13,17-18,20-21,61-64,66-73,75-77,79-83H,3-4,6,8-10,12,14-16,19,22-60H2,1-2H3,(H,74,78)/b7-5-,13-11-,18-17-,21-20-. The van der Waals surface area contributed by atoms with Gasteiger partial charge in [0.25, 0.3) is 0 Å². The molecule has 0 radical (unpaired) electrons. The van der Waals surface area contributed by atoms with E-state index in [-0.39, 0.29) is 12.5 Å². The lowest BCUT2D eigenvalue weighted by Gasteiger charge is -2.46. The van der Waals surface area contributed by atoms with Crippen molar-refractivity contribution < 1.29 is 64.6 Å². The molecule has 2 heterocycles. The van der Waals surface area contributed by atoms with Gasteiger partial charge in [-0.15, -0.1) is 0 Å². The van der Waals surface area contributed by atoms with Crippen LogP contribution in [0.25, 0.3) is 0 Å². The lowest BCUT2D eigenvalue weighted by Crippen LogP contribution is -2.65. The number of rotatable bonds is 60. The minimum atomic E-state index is -1.78. The summed E-state index contributed by atoms with van der Waals surface area (Å²) in [5, 5.41) is 87.4. The summed E-state index contributed by atoms with van der Waals surface area (Å²) in [6.45, 7) is 2.77. The summed E-state index contributed by atoms with van der Waals surface area (Å²) in [6, 6.07) is -0.826. The van der Waals surface area contributed by atoms with E-state index >= 15 is 0 Å². The van der Waals surface area contributed by atoms with Crippen molar-refractivity contribution in [2.75, 3.05) is 19.8 Å². The summed E-state index contributed by atoms with van der Waals surface area (Å²) in [7, 11) is 0. The SMILES string of the molecule is CC/C=C\C/C=C\C/C=C\C/C=C\CCCCCCCCCCCCCCCCCCCCCCCCCCCCCCC(=O)NC(COC1OC(CO)C(OC2OC(CO)C(O)C(O)C2O)C(O)C1O)C(O)CCCCCCCCCCCCCC. The zero-order valence-corrected chi connectivity index (χ0v) is 55.5. The minimum Gasteiger partial charge on any atom is -0.394 e. The molecule has 0 saturated carbocycles. The summed E-state index contributed by atoms with van der Waals surface area (Å²) in [6.07, 6.45) is 58.9. The van der Waals surface area contributed by atoms with E-state index in [4.69, 9.17) is 18.9 Å². The van der Waals surface area contributed by atoms with Crippen molar-refractivity contribution in [3.8, 4) is 0 Å². The monoisotopic (exact) mass is 1230 g/mol. The Hall–Kier alpha value is -2.05. The van der Waals surface area contributed by atoms with E-state index in [1.165, 1.54) is 212 Å². The predicted molar refractivity (Wildman–Crippen MR) is 355 cm³/mol. The molecule has 2 saturated heterocycles. The molecule has 2 aliphatic heterocycles. The largest absolute Gasteiger partial charge is 0.394 e. The number of aliphatic hydroxyl groups is 8. The number of aliphatic hydroxyl groups excluding tert-OH is 8. The molecule has 0 aliphatic carbocycles. The van der Waals surface area contributed by atoms with Gasteiger partial charge in [0.05, 0.1) is 32.0 Å². The van der Waals surface area contributed by atoms with Gasteiger partial charge in [-0.3, -0.25) is 4.79 Å². The second-order valence-electron chi connectivity index (χ2n) is 25.7. The van der Waals surface area contributed by atoms with E-state index in [9.17, 15) is 45.6 Å². The molecule has 2 fully saturated rings. The van der Waals surface area contributed by atoms with Crippen LogP contribution in [0.3, 0.4) is 0 Å². The highest BCUT2D eigenvalue weighted by atomic mass is 16.7. The first-order valence-corrected chi connectivity index (χ1v) is 36.4. The highest BCUT2D eigenvalue weighted by Gasteiger charge is 2.51. The summed E-state index contributed by atoms with van der Waals surface area (Å²) >= 11 is 0. The van der Waals surface area contributed by atoms with Crippen LogP contribution in [-0.2, 0) is 23.7 Å². The van der Waals surface area contributed by atoms with Crippen LogP contribution in [0.1, 0.15) is 316 Å². The molecule has 0 spiro atoms. The van der Waals surface area contributed by atoms with E-state index in [1.54, 1.807) is 0 Å². The van der Waals surface area contributed by atoms with Gasteiger partial charge < -0.3 is 65.1 Å². The fraction of sp³-hybridized carbons (Fsp3) is 0.877. The quantitative estimate of drug-likeness (QED) is 0.0204. The van der Waals surface area contributed by atoms with E-state index in [1.807, 2.05) is 0 Å². The van der Waals surface area contributed by atoms with Crippen LogP contribution in [0.15, 0.2) is 48.6 Å². The molecule has 14 heteroatoms. The summed E-state index contributed by atoms with van der Waals surface area (Å²) in [5.74, 6) is -0.202. The number of carbonyl (C=O) groups is 1. The minimum absolute atomic E-state index is 0.202. The molecule has 0 aromatic carbocycles. The van der Waals surface area contributed by atoms with Gasteiger partial charge in [-0.05, 0) is 51.4 Å². The predicted octanol–water partition coefficient (Wildman–Crippen LogP) is 15.1. The third-order valence-corrected chi connectivity index (χ3v) is 17.8. The van der Waals surface area contributed by atoms with Gasteiger partial charge >= 0.3 is 0 Å². The van der Waals surface area contributed by atoms with E-state index in [0.717, 1.165) is 77.0 Å². The maximum Gasteiger partial charge on any atom is 0.220 e. The van der Waals surface area contributed by atoms with Crippen LogP contribution in [0.2, 0.25) is 0 Å². The zero-order valence-electron chi connectivity index (χ0n) is 55.5. The topological polar surface area (TPSA) is 228 Å². The average molecular weight is 1230 g/mol. The second-order valence-corrected chi connectivity index (χ2v) is 25.7. The Balaban J connectivity index is 1.51. The van der Waals surface area contributed by atoms with Gasteiger partial charge in [-0.2, -0.15) is 0 Å². The fourth-order valence-corrected chi connectivity index (χ4v) is 12.1. The van der Waals surface area contributed by atoms with Crippen molar-refractivity contribution in [1.82, 2.24) is 5.32 Å². The third-order valence-electron chi connectivity index (χ3n) is 17.8. The summed E-state index contributed by atoms with van der Waals surface area (Å²) in [5.41, 5.74) is 0. The van der Waals surface area contributed by atoms with Crippen LogP contribution < -0.4 is 5.32 Å². The number of amides is 1. The lowest BCUT2D eigenvalue weighted by atomic mass is 9.97. The van der Waals surface area contributed by atoms with Crippen LogP contribution in [0.5, 0.6) is 0 Å². The normalized spacial score (nSPS) is 23.5. The van der Waals surface area contributed by atoms with Crippen molar-refractivity contribution >= 4 is 5.91 Å². The van der Waals surface area contributed by atoms with Gasteiger partial charge in [-0.25, -0.2) is 0 Å². The Morgan fingerprint density at radius 2 is 0.793 bits per heavy atom. The van der Waals surface area contributed by atoms with Crippen LogP contribution >= 0.6 is 0 Å². The van der Waals surface area contributed by atoms with Crippen LogP contribution in [-0.4, -0.2) is 140 Å². The molecule has 9 N–H and O–H groups in total. The zero-order chi connectivity index (χ0) is 63.1.